The van der Waals surface area contributed by atoms with Crippen LogP contribution in [-0.2, 0) is 0 Å². The van der Waals surface area contributed by atoms with E-state index in [2.05, 4.69) is 51.8 Å². The molecule has 0 aliphatic carbocycles. The number of hydrogen-bond donors (Lipinski definition) is 0. The second kappa shape index (κ2) is 7.22. The Morgan fingerprint density at radius 1 is 1.35 bits per heavy atom. The van der Waals surface area contributed by atoms with Crippen molar-refractivity contribution >= 4 is 33.3 Å². The van der Waals surface area contributed by atoms with E-state index in [1.807, 2.05) is 6.92 Å². The van der Waals surface area contributed by atoms with E-state index in [-0.39, 0.29) is 0 Å². The van der Waals surface area contributed by atoms with E-state index in [0.717, 1.165) is 35.4 Å². The maximum absolute atomic E-state index is 5.90. The molecule has 1 aromatic rings. The molecule has 96 valence electrons. The van der Waals surface area contributed by atoms with Gasteiger partial charge in [0, 0.05) is 22.9 Å². The summed E-state index contributed by atoms with van der Waals surface area (Å²) in [6, 6.07) is 4.63. The van der Waals surface area contributed by atoms with Gasteiger partial charge in [-0.1, -0.05) is 13.8 Å². The molecule has 0 aliphatic rings. The zero-order valence-electron chi connectivity index (χ0n) is 10.7. The molecule has 0 atom stereocenters. The Bertz CT molecular complexity index is 353. The third kappa shape index (κ3) is 3.85. The summed E-state index contributed by atoms with van der Waals surface area (Å²) in [5.41, 5.74) is 1.02. The zero-order chi connectivity index (χ0) is 12.8. The normalized spacial score (nSPS) is 10.9. The molecule has 0 aliphatic heterocycles. The molecule has 0 N–H and O–H groups in total. The van der Waals surface area contributed by atoms with Crippen LogP contribution in [0.15, 0.2) is 16.6 Å². The first-order chi connectivity index (χ1) is 8.13. The van der Waals surface area contributed by atoms with E-state index >= 15 is 0 Å². The van der Waals surface area contributed by atoms with Crippen LogP contribution >= 0.6 is 27.5 Å². The van der Waals surface area contributed by atoms with Crippen molar-refractivity contribution in [3.05, 3.63) is 22.3 Å². The quantitative estimate of drug-likeness (QED) is 0.723. The minimum Gasteiger partial charge on any atom is -0.352 e. The first-order valence-electron chi connectivity index (χ1n) is 6.09. The Balaban J connectivity index is 2.99. The molecule has 0 bridgehead atoms. The second-order valence-corrected chi connectivity index (χ2v) is 5.32. The summed E-state index contributed by atoms with van der Waals surface area (Å²) in [7, 11) is 0. The van der Waals surface area contributed by atoms with Gasteiger partial charge in [0.2, 0.25) is 0 Å². The van der Waals surface area contributed by atoms with Gasteiger partial charge in [0.05, 0.1) is 5.69 Å². The number of alkyl halides is 1. The fourth-order valence-corrected chi connectivity index (χ4v) is 2.40. The van der Waals surface area contributed by atoms with E-state index < -0.39 is 0 Å². The number of aromatic nitrogens is 1. The van der Waals surface area contributed by atoms with Gasteiger partial charge in [-0.25, -0.2) is 4.98 Å². The molecule has 0 radical (unpaired) electrons. The lowest BCUT2D eigenvalue weighted by molar-refractivity contribution is 0.562. The van der Waals surface area contributed by atoms with Crippen molar-refractivity contribution in [3.63, 3.8) is 0 Å². The zero-order valence-corrected chi connectivity index (χ0v) is 13.1. The van der Waals surface area contributed by atoms with Gasteiger partial charge < -0.3 is 4.90 Å². The number of anilines is 1. The molecule has 0 aromatic carbocycles. The summed E-state index contributed by atoms with van der Waals surface area (Å²) in [6.45, 7) is 7.28. The van der Waals surface area contributed by atoms with Crippen molar-refractivity contribution < 1.29 is 0 Å². The van der Waals surface area contributed by atoms with Gasteiger partial charge in [-0.15, -0.1) is 11.6 Å². The van der Waals surface area contributed by atoms with Crippen molar-refractivity contribution in [2.24, 2.45) is 0 Å². The third-order valence-corrected chi connectivity index (χ3v) is 4.02. The van der Waals surface area contributed by atoms with Crippen molar-refractivity contribution in [2.75, 3.05) is 17.3 Å². The molecular weight excluding hydrogens is 300 g/mol. The summed E-state index contributed by atoms with van der Waals surface area (Å²) in [6.07, 6.45) is 2.23. The van der Waals surface area contributed by atoms with E-state index in [4.69, 9.17) is 11.6 Å². The first kappa shape index (κ1) is 14.8. The average molecular weight is 320 g/mol. The molecule has 0 unspecified atom stereocenters. The molecule has 1 heterocycles. The largest absolute Gasteiger partial charge is 0.352 e. The predicted molar refractivity (Wildman–Crippen MR) is 79.1 cm³/mol. The van der Waals surface area contributed by atoms with Crippen LogP contribution in [0.4, 0.5) is 5.82 Å². The van der Waals surface area contributed by atoms with Crippen LogP contribution < -0.4 is 4.90 Å². The highest BCUT2D eigenvalue weighted by Crippen LogP contribution is 2.22. The van der Waals surface area contributed by atoms with Crippen molar-refractivity contribution in [2.45, 2.75) is 39.7 Å². The Labute approximate surface area is 118 Å². The molecule has 4 heteroatoms. The predicted octanol–water partition coefficient (Wildman–Crippen LogP) is 4.39. The van der Waals surface area contributed by atoms with E-state index in [1.54, 1.807) is 0 Å². The third-order valence-electron chi connectivity index (χ3n) is 3.01. The molecule has 0 saturated carbocycles. The highest BCUT2D eigenvalue weighted by molar-refractivity contribution is 9.10. The van der Waals surface area contributed by atoms with Crippen LogP contribution in [0.3, 0.4) is 0 Å². The average Bonchev–Trinajstić information content (AvgIpc) is 2.33. The van der Waals surface area contributed by atoms with Crippen LogP contribution in [0.2, 0.25) is 0 Å². The summed E-state index contributed by atoms with van der Waals surface area (Å²) in [5, 5.41) is 0. The number of aryl methyl sites for hydroxylation is 1. The van der Waals surface area contributed by atoms with Crippen LogP contribution in [0.25, 0.3) is 0 Å². The van der Waals surface area contributed by atoms with Crippen LogP contribution in [0.5, 0.6) is 0 Å². The smallest absolute Gasteiger partial charge is 0.129 e. The van der Waals surface area contributed by atoms with E-state index in [9.17, 15) is 0 Å². The number of hydrogen-bond acceptors (Lipinski definition) is 2. The molecule has 0 saturated heterocycles. The molecule has 17 heavy (non-hydrogen) atoms. The fourth-order valence-electron chi connectivity index (χ4n) is 2.00. The summed E-state index contributed by atoms with van der Waals surface area (Å²) in [5.74, 6) is 1.66. The topological polar surface area (TPSA) is 16.1 Å². The van der Waals surface area contributed by atoms with Crippen molar-refractivity contribution in [3.8, 4) is 0 Å². The Kier molecular flexibility index (Phi) is 6.28. The summed E-state index contributed by atoms with van der Waals surface area (Å²) < 4.78 is 1.05. The summed E-state index contributed by atoms with van der Waals surface area (Å²) in [4.78, 5) is 6.94. The number of pyridine rings is 1. The number of rotatable bonds is 6. The van der Waals surface area contributed by atoms with Crippen molar-refractivity contribution in [1.82, 2.24) is 4.98 Å². The number of nitrogens with zero attached hydrogens (tertiary/aromatic N) is 2. The minimum atomic E-state index is 0.516. The minimum absolute atomic E-state index is 0.516. The molecule has 0 spiro atoms. The lowest BCUT2D eigenvalue weighted by Crippen LogP contribution is -2.36. The lowest BCUT2D eigenvalue weighted by Gasteiger charge is -2.31. The Morgan fingerprint density at radius 3 is 2.47 bits per heavy atom. The molecule has 2 nitrogen and oxygen atoms in total. The standard InChI is InChI=1S/C13H20BrClN2/c1-4-11(5-2)17(9-8-15)13-7-6-12(14)10(3)16-13/h6-7,11H,4-5,8-9H2,1-3H3. The van der Waals surface area contributed by atoms with Gasteiger partial charge in [-0.3, -0.25) is 0 Å². The SMILES string of the molecule is CCC(CC)N(CCCl)c1ccc(Br)c(C)n1. The van der Waals surface area contributed by atoms with Gasteiger partial charge in [0.15, 0.2) is 0 Å². The van der Waals surface area contributed by atoms with Gasteiger partial charge in [0.25, 0.3) is 0 Å². The Morgan fingerprint density at radius 2 is 2.00 bits per heavy atom. The highest BCUT2D eigenvalue weighted by Gasteiger charge is 2.16. The first-order valence-corrected chi connectivity index (χ1v) is 7.42. The Hall–Kier alpha value is -0.280. The van der Waals surface area contributed by atoms with Gasteiger partial charge >= 0.3 is 0 Å². The lowest BCUT2D eigenvalue weighted by atomic mass is 10.1. The van der Waals surface area contributed by atoms with E-state index in [0.29, 0.717) is 11.9 Å². The maximum Gasteiger partial charge on any atom is 0.129 e. The second-order valence-electron chi connectivity index (χ2n) is 4.09. The highest BCUT2D eigenvalue weighted by atomic mass is 79.9. The van der Waals surface area contributed by atoms with Crippen molar-refractivity contribution in [1.29, 1.82) is 0 Å². The maximum atomic E-state index is 5.90. The van der Waals surface area contributed by atoms with Gasteiger partial charge in [0.1, 0.15) is 5.82 Å². The van der Waals surface area contributed by atoms with Crippen LogP contribution in [0, 0.1) is 6.92 Å². The molecule has 1 aromatic heterocycles. The van der Waals surface area contributed by atoms with Gasteiger partial charge in [-0.05, 0) is 47.8 Å². The molecular formula is C13H20BrClN2. The van der Waals surface area contributed by atoms with Crippen LogP contribution in [0.1, 0.15) is 32.4 Å². The molecule has 1 rings (SSSR count). The fraction of sp³-hybridized carbons (Fsp3) is 0.615. The number of halogens is 2. The van der Waals surface area contributed by atoms with Crippen LogP contribution in [-0.4, -0.2) is 23.5 Å². The van der Waals surface area contributed by atoms with Gasteiger partial charge in [-0.2, -0.15) is 0 Å². The summed E-state index contributed by atoms with van der Waals surface area (Å²) >= 11 is 9.38. The monoisotopic (exact) mass is 318 g/mol. The molecule has 0 amide bonds. The molecule has 0 fully saturated rings. The van der Waals surface area contributed by atoms with E-state index in [1.165, 1.54) is 0 Å².